The van der Waals surface area contributed by atoms with Crippen LogP contribution in [0.4, 0.5) is 5.69 Å². The summed E-state index contributed by atoms with van der Waals surface area (Å²) in [4.78, 5) is 10.2. The standard InChI is InChI=1S/C16H13ClN2O6S2/c17-12-3-2-11(8-13(12)19(20)21)27(22,23)18-5-6-26-16(18)10-1-4-14-15(7-10)25-9-24-14/h1-4,7-8,16H,5-6,9H2. The Morgan fingerprint density at radius 1 is 1.19 bits per heavy atom. The molecule has 1 unspecified atom stereocenters. The molecule has 27 heavy (non-hydrogen) atoms. The van der Waals surface area contributed by atoms with Crippen LogP contribution in [0.25, 0.3) is 0 Å². The van der Waals surface area contributed by atoms with E-state index in [0.717, 1.165) is 11.6 Å². The van der Waals surface area contributed by atoms with Gasteiger partial charge >= 0.3 is 0 Å². The average Bonchev–Trinajstić information content (AvgIpc) is 3.30. The second-order valence-electron chi connectivity index (χ2n) is 5.82. The molecule has 2 aliphatic rings. The van der Waals surface area contributed by atoms with Gasteiger partial charge in [-0.25, -0.2) is 8.42 Å². The number of halogens is 1. The van der Waals surface area contributed by atoms with Gasteiger partial charge in [0.15, 0.2) is 11.5 Å². The lowest BCUT2D eigenvalue weighted by Crippen LogP contribution is -2.30. The third kappa shape index (κ3) is 3.22. The lowest BCUT2D eigenvalue weighted by atomic mass is 10.2. The molecule has 0 bridgehead atoms. The SMILES string of the molecule is O=[N+]([O-])c1cc(S(=O)(=O)N2CCSC2c2ccc3c(c2)OCO3)ccc1Cl. The zero-order chi connectivity index (χ0) is 19.2. The lowest BCUT2D eigenvalue weighted by molar-refractivity contribution is -0.384. The normalized spacial score (nSPS) is 19.4. The van der Waals surface area contributed by atoms with Crippen LogP contribution in [0.15, 0.2) is 41.3 Å². The largest absolute Gasteiger partial charge is 0.454 e. The van der Waals surface area contributed by atoms with E-state index in [9.17, 15) is 18.5 Å². The molecule has 2 aliphatic heterocycles. The molecule has 0 aromatic heterocycles. The zero-order valence-corrected chi connectivity index (χ0v) is 16.1. The van der Waals surface area contributed by atoms with Crippen LogP contribution in [0.3, 0.4) is 0 Å². The predicted molar refractivity (Wildman–Crippen MR) is 99.8 cm³/mol. The number of fused-ring (bicyclic) bond motifs is 1. The van der Waals surface area contributed by atoms with E-state index in [0.29, 0.717) is 23.8 Å². The summed E-state index contributed by atoms with van der Waals surface area (Å²) < 4.78 is 38.3. The van der Waals surface area contributed by atoms with E-state index < -0.39 is 26.0 Å². The number of rotatable bonds is 4. The Bertz CT molecular complexity index is 1030. The van der Waals surface area contributed by atoms with Gasteiger partial charge < -0.3 is 9.47 Å². The van der Waals surface area contributed by atoms with E-state index in [1.165, 1.54) is 28.2 Å². The van der Waals surface area contributed by atoms with Crippen LogP contribution in [0.5, 0.6) is 11.5 Å². The topological polar surface area (TPSA) is 99.0 Å². The van der Waals surface area contributed by atoms with Gasteiger partial charge in [0, 0.05) is 18.4 Å². The number of benzene rings is 2. The van der Waals surface area contributed by atoms with Crippen LogP contribution in [0.1, 0.15) is 10.9 Å². The minimum absolute atomic E-state index is 0.109. The molecule has 2 heterocycles. The molecule has 0 aliphatic carbocycles. The first-order valence-electron chi connectivity index (χ1n) is 7.85. The van der Waals surface area contributed by atoms with E-state index in [4.69, 9.17) is 21.1 Å². The van der Waals surface area contributed by atoms with Crippen molar-refractivity contribution < 1.29 is 22.8 Å². The maximum absolute atomic E-state index is 13.1. The Kier molecular flexibility index (Phi) is 4.66. The monoisotopic (exact) mass is 428 g/mol. The van der Waals surface area contributed by atoms with Gasteiger partial charge in [-0.05, 0) is 29.8 Å². The van der Waals surface area contributed by atoms with Crippen LogP contribution >= 0.6 is 23.4 Å². The number of nitro groups is 1. The molecule has 1 saturated heterocycles. The molecule has 4 rings (SSSR count). The number of hydrogen-bond acceptors (Lipinski definition) is 7. The van der Waals surface area contributed by atoms with Crippen molar-refractivity contribution in [2.45, 2.75) is 10.3 Å². The quantitative estimate of drug-likeness (QED) is 0.543. The third-order valence-corrected chi connectivity index (χ3v) is 7.83. The summed E-state index contributed by atoms with van der Waals surface area (Å²) in [6.45, 7) is 0.426. The number of thioether (sulfide) groups is 1. The fraction of sp³-hybridized carbons (Fsp3) is 0.250. The van der Waals surface area contributed by atoms with Gasteiger partial charge in [0.1, 0.15) is 5.02 Å². The molecule has 2 aromatic rings. The molecule has 142 valence electrons. The van der Waals surface area contributed by atoms with Crippen molar-refractivity contribution in [3.05, 3.63) is 57.1 Å². The number of hydrogen-bond donors (Lipinski definition) is 0. The molecule has 0 saturated carbocycles. The Morgan fingerprint density at radius 2 is 1.96 bits per heavy atom. The minimum Gasteiger partial charge on any atom is -0.454 e. The first-order valence-corrected chi connectivity index (χ1v) is 10.7. The maximum atomic E-state index is 13.1. The molecule has 0 amide bonds. The van der Waals surface area contributed by atoms with E-state index in [2.05, 4.69) is 0 Å². The van der Waals surface area contributed by atoms with Gasteiger partial charge in [-0.1, -0.05) is 17.7 Å². The highest BCUT2D eigenvalue weighted by molar-refractivity contribution is 8.01. The summed E-state index contributed by atoms with van der Waals surface area (Å²) in [7, 11) is -3.95. The highest BCUT2D eigenvalue weighted by Gasteiger charge is 2.38. The summed E-state index contributed by atoms with van der Waals surface area (Å²) in [6.07, 6.45) is 0. The van der Waals surface area contributed by atoms with Crippen LogP contribution in [0, 0.1) is 10.1 Å². The lowest BCUT2D eigenvalue weighted by Gasteiger charge is -2.23. The highest BCUT2D eigenvalue weighted by atomic mass is 35.5. The molecular weight excluding hydrogens is 416 g/mol. The van der Waals surface area contributed by atoms with Gasteiger partial charge in [-0.3, -0.25) is 10.1 Å². The van der Waals surface area contributed by atoms with Crippen LogP contribution in [0.2, 0.25) is 5.02 Å². The molecule has 0 spiro atoms. The zero-order valence-electron chi connectivity index (χ0n) is 13.7. The van der Waals surface area contributed by atoms with Gasteiger partial charge in [-0.2, -0.15) is 4.31 Å². The molecule has 2 aromatic carbocycles. The van der Waals surface area contributed by atoms with E-state index in [1.54, 1.807) is 18.2 Å². The van der Waals surface area contributed by atoms with Crippen molar-refractivity contribution in [1.29, 1.82) is 0 Å². The molecule has 11 heteroatoms. The maximum Gasteiger partial charge on any atom is 0.289 e. The number of sulfonamides is 1. The third-order valence-electron chi connectivity index (χ3n) is 4.25. The summed E-state index contributed by atoms with van der Waals surface area (Å²) in [5.41, 5.74) is 0.318. The summed E-state index contributed by atoms with van der Waals surface area (Å²) in [5.74, 6) is 1.79. The Labute approximate surface area is 164 Å². The van der Waals surface area contributed by atoms with Crippen molar-refractivity contribution in [3.8, 4) is 11.5 Å². The molecule has 0 radical (unpaired) electrons. The van der Waals surface area contributed by atoms with Crippen molar-refractivity contribution in [1.82, 2.24) is 4.31 Å². The van der Waals surface area contributed by atoms with Crippen molar-refractivity contribution in [2.75, 3.05) is 19.1 Å². The second-order valence-corrected chi connectivity index (χ2v) is 9.31. The predicted octanol–water partition coefficient (Wildman–Crippen LogP) is 3.41. The van der Waals surface area contributed by atoms with Gasteiger partial charge in [0.25, 0.3) is 5.69 Å². The minimum atomic E-state index is -3.95. The summed E-state index contributed by atoms with van der Waals surface area (Å²) in [5, 5.41) is 10.5. The summed E-state index contributed by atoms with van der Waals surface area (Å²) in [6, 6.07) is 8.81. The smallest absolute Gasteiger partial charge is 0.289 e. The van der Waals surface area contributed by atoms with Gasteiger partial charge in [0.2, 0.25) is 16.8 Å². The van der Waals surface area contributed by atoms with Crippen LogP contribution in [-0.4, -0.2) is 36.7 Å². The molecular formula is C16H13ClN2O6S2. The van der Waals surface area contributed by atoms with Crippen molar-refractivity contribution in [3.63, 3.8) is 0 Å². The van der Waals surface area contributed by atoms with Crippen molar-refractivity contribution >= 4 is 39.1 Å². The first-order chi connectivity index (χ1) is 12.9. The molecule has 1 atom stereocenters. The van der Waals surface area contributed by atoms with E-state index >= 15 is 0 Å². The van der Waals surface area contributed by atoms with Crippen LogP contribution in [-0.2, 0) is 10.0 Å². The number of nitrogens with zero attached hydrogens (tertiary/aromatic N) is 2. The second kappa shape index (κ2) is 6.86. The first kappa shape index (κ1) is 18.4. The Morgan fingerprint density at radius 3 is 2.74 bits per heavy atom. The average molecular weight is 429 g/mol. The summed E-state index contributed by atoms with van der Waals surface area (Å²) >= 11 is 7.27. The fourth-order valence-electron chi connectivity index (χ4n) is 2.96. The Hall–Kier alpha value is -2.01. The van der Waals surface area contributed by atoms with Crippen LogP contribution < -0.4 is 9.47 Å². The highest BCUT2D eigenvalue weighted by Crippen LogP contribution is 2.44. The number of nitro benzene ring substituents is 1. The fourth-order valence-corrected chi connectivity index (χ4v) is 6.40. The molecule has 1 fully saturated rings. The molecule has 8 nitrogen and oxygen atoms in total. The van der Waals surface area contributed by atoms with Gasteiger partial charge in [-0.15, -0.1) is 11.8 Å². The number of ether oxygens (including phenoxy) is 2. The Balaban J connectivity index is 1.71. The van der Waals surface area contributed by atoms with Gasteiger partial charge in [0.05, 0.1) is 15.2 Å². The van der Waals surface area contributed by atoms with E-state index in [-0.39, 0.29) is 16.7 Å². The molecule has 0 N–H and O–H groups in total. The van der Waals surface area contributed by atoms with E-state index in [1.807, 2.05) is 0 Å². The van der Waals surface area contributed by atoms with Crippen molar-refractivity contribution in [2.24, 2.45) is 0 Å².